The number of aryl methyl sites for hydroxylation is 2. The van der Waals surface area contributed by atoms with Crippen molar-refractivity contribution in [1.82, 2.24) is 15.1 Å². The summed E-state index contributed by atoms with van der Waals surface area (Å²) in [4.78, 5) is 2.61. The second-order valence-corrected chi connectivity index (χ2v) is 6.97. The lowest BCUT2D eigenvalue weighted by molar-refractivity contribution is 0.0975. The van der Waals surface area contributed by atoms with Crippen LogP contribution in [0.1, 0.15) is 42.4 Å². The Morgan fingerprint density at radius 3 is 2.92 bits per heavy atom. The van der Waals surface area contributed by atoms with Crippen LogP contribution in [0.25, 0.3) is 11.3 Å². The van der Waals surface area contributed by atoms with Crippen molar-refractivity contribution in [3.63, 3.8) is 0 Å². The van der Waals surface area contributed by atoms with Crippen LogP contribution >= 0.6 is 0 Å². The number of aromatic amines is 1. The van der Waals surface area contributed by atoms with Gasteiger partial charge in [0.15, 0.2) is 0 Å². The number of aromatic nitrogens is 2. The molecule has 1 aromatic heterocycles. The molecule has 1 aliphatic rings. The number of nitrogens with one attached hydrogen (secondary N) is 1. The lowest BCUT2D eigenvalue weighted by Crippen LogP contribution is -2.39. The number of benzene rings is 1. The Morgan fingerprint density at radius 2 is 2.12 bits per heavy atom. The summed E-state index contributed by atoms with van der Waals surface area (Å²) < 4.78 is 5.30. The van der Waals surface area contributed by atoms with Gasteiger partial charge in [-0.3, -0.25) is 10.00 Å². The van der Waals surface area contributed by atoms with E-state index >= 15 is 0 Å². The molecule has 0 aliphatic carbocycles. The number of piperidine rings is 1. The van der Waals surface area contributed by atoms with Crippen LogP contribution in [0.5, 0.6) is 0 Å². The molecule has 1 N–H and O–H groups in total. The molecule has 3 rings (SSSR count). The summed E-state index contributed by atoms with van der Waals surface area (Å²) in [5, 5.41) is 7.54. The minimum Gasteiger partial charge on any atom is -0.385 e. The number of methoxy groups -OCH3 is 1. The van der Waals surface area contributed by atoms with Gasteiger partial charge in [-0.1, -0.05) is 18.6 Å². The predicted octanol–water partition coefficient (Wildman–Crippen LogP) is 4.08. The second-order valence-electron chi connectivity index (χ2n) is 6.97. The maximum absolute atomic E-state index is 5.30. The molecular formula is C20H29N3O. The first-order valence-corrected chi connectivity index (χ1v) is 9.02. The third-order valence-corrected chi connectivity index (χ3v) is 5.29. The lowest BCUT2D eigenvalue weighted by atomic mass is 9.97. The highest BCUT2D eigenvalue weighted by atomic mass is 16.5. The Labute approximate surface area is 145 Å². The molecule has 0 bridgehead atoms. The van der Waals surface area contributed by atoms with Gasteiger partial charge in [0.2, 0.25) is 0 Å². The van der Waals surface area contributed by atoms with Gasteiger partial charge in [-0.05, 0) is 56.8 Å². The zero-order valence-corrected chi connectivity index (χ0v) is 15.1. The van der Waals surface area contributed by atoms with Gasteiger partial charge in [0.1, 0.15) is 0 Å². The zero-order valence-electron chi connectivity index (χ0n) is 15.1. The Balaban J connectivity index is 1.78. The Kier molecular flexibility index (Phi) is 5.69. The Morgan fingerprint density at radius 1 is 1.25 bits per heavy atom. The lowest BCUT2D eigenvalue weighted by Gasteiger charge is -2.35. The van der Waals surface area contributed by atoms with Gasteiger partial charge in [-0.2, -0.15) is 5.10 Å². The fourth-order valence-electron chi connectivity index (χ4n) is 3.65. The second kappa shape index (κ2) is 7.95. The molecule has 130 valence electrons. The van der Waals surface area contributed by atoms with Gasteiger partial charge in [0.25, 0.3) is 0 Å². The normalized spacial score (nSPS) is 18.9. The summed E-state index contributed by atoms with van der Waals surface area (Å²) in [7, 11) is 1.79. The van der Waals surface area contributed by atoms with Crippen LogP contribution in [0.15, 0.2) is 24.4 Å². The molecule has 0 radical (unpaired) electrons. The molecule has 2 heterocycles. The van der Waals surface area contributed by atoms with Crippen molar-refractivity contribution >= 4 is 0 Å². The number of hydrogen-bond acceptors (Lipinski definition) is 3. The Bertz CT molecular complexity index is 665. The van der Waals surface area contributed by atoms with E-state index in [0.717, 1.165) is 25.3 Å². The third kappa shape index (κ3) is 3.87. The van der Waals surface area contributed by atoms with E-state index in [0.29, 0.717) is 6.04 Å². The maximum atomic E-state index is 5.30. The first-order chi connectivity index (χ1) is 11.7. The molecule has 1 atom stereocenters. The molecular weight excluding hydrogens is 298 g/mol. The number of nitrogens with zero attached hydrogens (tertiary/aromatic N) is 2. The largest absolute Gasteiger partial charge is 0.385 e. The van der Waals surface area contributed by atoms with Crippen LogP contribution in [0, 0.1) is 13.8 Å². The SMILES string of the molecule is COCC[C@H]1CCCCN1Cc1cn[nH]c1-c1ccc(C)c(C)c1. The summed E-state index contributed by atoms with van der Waals surface area (Å²) in [5.41, 5.74) is 6.34. The highest BCUT2D eigenvalue weighted by Crippen LogP contribution is 2.27. The molecule has 4 heteroatoms. The van der Waals surface area contributed by atoms with Gasteiger partial charge in [0, 0.05) is 37.4 Å². The van der Waals surface area contributed by atoms with E-state index in [1.54, 1.807) is 7.11 Å². The molecule has 1 saturated heterocycles. The van der Waals surface area contributed by atoms with Crippen LogP contribution in [0.3, 0.4) is 0 Å². The van der Waals surface area contributed by atoms with E-state index in [4.69, 9.17) is 4.74 Å². The van der Waals surface area contributed by atoms with Crippen molar-refractivity contribution in [3.8, 4) is 11.3 Å². The van der Waals surface area contributed by atoms with E-state index in [2.05, 4.69) is 47.1 Å². The summed E-state index contributed by atoms with van der Waals surface area (Å²) in [6.07, 6.45) is 7.01. The average molecular weight is 327 g/mol. The highest BCUT2D eigenvalue weighted by molar-refractivity contribution is 5.64. The monoisotopic (exact) mass is 327 g/mol. The molecule has 1 aromatic carbocycles. The quantitative estimate of drug-likeness (QED) is 0.869. The Hall–Kier alpha value is -1.65. The number of likely N-dealkylation sites (tertiary alicyclic amines) is 1. The van der Waals surface area contributed by atoms with Crippen LogP contribution in [-0.2, 0) is 11.3 Å². The number of hydrogen-bond donors (Lipinski definition) is 1. The van der Waals surface area contributed by atoms with Crippen molar-refractivity contribution in [1.29, 1.82) is 0 Å². The van der Waals surface area contributed by atoms with Crippen LogP contribution in [-0.4, -0.2) is 41.4 Å². The van der Waals surface area contributed by atoms with Gasteiger partial charge < -0.3 is 4.74 Å². The van der Waals surface area contributed by atoms with E-state index in [1.807, 2.05) is 6.20 Å². The van der Waals surface area contributed by atoms with E-state index in [9.17, 15) is 0 Å². The maximum Gasteiger partial charge on any atom is 0.0695 e. The molecule has 2 aromatic rings. The van der Waals surface area contributed by atoms with Gasteiger partial charge in [-0.25, -0.2) is 0 Å². The minimum atomic E-state index is 0.626. The van der Waals surface area contributed by atoms with Crippen molar-refractivity contribution in [3.05, 3.63) is 41.1 Å². The number of ether oxygens (including phenoxy) is 1. The molecule has 1 aliphatic heterocycles. The first kappa shape index (κ1) is 17.2. The summed E-state index contributed by atoms with van der Waals surface area (Å²) in [6, 6.07) is 7.27. The van der Waals surface area contributed by atoms with Crippen LogP contribution in [0.2, 0.25) is 0 Å². The number of H-pyrrole nitrogens is 1. The number of rotatable bonds is 6. The molecule has 24 heavy (non-hydrogen) atoms. The van der Waals surface area contributed by atoms with Gasteiger partial charge in [-0.15, -0.1) is 0 Å². The summed E-state index contributed by atoms with van der Waals surface area (Å²) >= 11 is 0. The average Bonchev–Trinajstić information content (AvgIpc) is 3.05. The molecule has 1 fully saturated rings. The topological polar surface area (TPSA) is 41.1 Å². The fraction of sp³-hybridized carbons (Fsp3) is 0.550. The minimum absolute atomic E-state index is 0.626. The standard InChI is InChI=1S/C20H29N3O/c1-15-7-8-17(12-16(15)2)20-18(13-21-22-20)14-23-10-5-4-6-19(23)9-11-24-3/h7-8,12-13,19H,4-6,9-11,14H2,1-3H3,(H,21,22)/t19-/m1/s1. The zero-order chi connectivity index (χ0) is 16.9. The van der Waals surface area contributed by atoms with E-state index in [1.165, 1.54) is 48.1 Å². The first-order valence-electron chi connectivity index (χ1n) is 9.02. The van der Waals surface area contributed by atoms with E-state index < -0.39 is 0 Å². The van der Waals surface area contributed by atoms with Crippen LogP contribution in [0.4, 0.5) is 0 Å². The summed E-state index contributed by atoms with van der Waals surface area (Å²) in [5.74, 6) is 0. The smallest absolute Gasteiger partial charge is 0.0695 e. The molecule has 4 nitrogen and oxygen atoms in total. The van der Waals surface area contributed by atoms with Crippen molar-refractivity contribution in [2.24, 2.45) is 0 Å². The molecule has 0 amide bonds. The highest BCUT2D eigenvalue weighted by Gasteiger charge is 2.23. The molecule has 0 saturated carbocycles. The fourth-order valence-corrected chi connectivity index (χ4v) is 3.65. The van der Waals surface area contributed by atoms with E-state index in [-0.39, 0.29) is 0 Å². The predicted molar refractivity (Wildman–Crippen MR) is 98.0 cm³/mol. The summed E-state index contributed by atoms with van der Waals surface area (Å²) in [6.45, 7) is 7.30. The van der Waals surface area contributed by atoms with Crippen molar-refractivity contribution in [2.45, 2.75) is 52.1 Å². The van der Waals surface area contributed by atoms with Gasteiger partial charge in [0.05, 0.1) is 11.9 Å². The van der Waals surface area contributed by atoms with Crippen molar-refractivity contribution < 1.29 is 4.74 Å². The van der Waals surface area contributed by atoms with Gasteiger partial charge >= 0.3 is 0 Å². The molecule has 0 spiro atoms. The third-order valence-electron chi connectivity index (χ3n) is 5.29. The van der Waals surface area contributed by atoms with Crippen LogP contribution < -0.4 is 0 Å². The molecule has 0 unspecified atom stereocenters. The van der Waals surface area contributed by atoms with Crippen molar-refractivity contribution in [2.75, 3.05) is 20.3 Å².